The maximum absolute atomic E-state index is 10.3. The van der Waals surface area contributed by atoms with E-state index in [-0.39, 0.29) is 12.1 Å². The van der Waals surface area contributed by atoms with Crippen LogP contribution < -0.4 is 5.32 Å². The van der Waals surface area contributed by atoms with Crippen LogP contribution in [0.3, 0.4) is 0 Å². The Bertz CT molecular complexity index is 790. The number of nitrogens with one attached hydrogen (secondary N) is 1. The number of aliphatic hydroxyl groups excluding tert-OH is 1. The Morgan fingerprint density at radius 3 is 2.91 bits per heavy atom. The first-order chi connectivity index (χ1) is 10.8. The summed E-state index contributed by atoms with van der Waals surface area (Å²) < 4.78 is 2.13. The Morgan fingerprint density at radius 1 is 1.14 bits per heavy atom. The van der Waals surface area contributed by atoms with Gasteiger partial charge in [0.1, 0.15) is 5.82 Å². The molecule has 0 spiro atoms. The standard InChI is InChI=1S/C18H19N3O/c22-17-12-19-9-8-16(17)21-11-10-20-18(21)15-7-3-5-13-4-1-2-6-14(13)15/h1-7,10-11,16-17,19,22H,8-9,12H2/t16-,17-/m0/s1. The number of hydrogen-bond acceptors (Lipinski definition) is 3. The van der Waals surface area contributed by atoms with Crippen molar-refractivity contribution in [1.29, 1.82) is 0 Å². The van der Waals surface area contributed by atoms with E-state index in [0.29, 0.717) is 6.54 Å². The van der Waals surface area contributed by atoms with Crippen molar-refractivity contribution in [3.8, 4) is 11.4 Å². The molecule has 0 amide bonds. The van der Waals surface area contributed by atoms with Crippen LogP contribution in [0.4, 0.5) is 0 Å². The van der Waals surface area contributed by atoms with Crippen molar-refractivity contribution in [1.82, 2.24) is 14.9 Å². The van der Waals surface area contributed by atoms with Gasteiger partial charge in [0, 0.05) is 24.5 Å². The number of hydrogen-bond donors (Lipinski definition) is 2. The molecular formula is C18H19N3O. The van der Waals surface area contributed by atoms with Crippen LogP contribution in [0, 0.1) is 0 Å². The third-order valence-corrected chi connectivity index (χ3v) is 4.47. The molecule has 2 heterocycles. The predicted molar refractivity (Wildman–Crippen MR) is 87.7 cm³/mol. The molecule has 4 heteroatoms. The molecule has 1 aliphatic rings. The summed E-state index contributed by atoms with van der Waals surface area (Å²) in [7, 11) is 0. The third-order valence-electron chi connectivity index (χ3n) is 4.47. The largest absolute Gasteiger partial charge is 0.390 e. The van der Waals surface area contributed by atoms with Gasteiger partial charge in [0.25, 0.3) is 0 Å². The van der Waals surface area contributed by atoms with Crippen LogP contribution in [0.15, 0.2) is 54.9 Å². The first-order valence-electron chi connectivity index (χ1n) is 7.74. The van der Waals surface area contributed by atoms with Gasteiger partial charge in [-0.2, -0.15) is 0 Å². The van der Waals surface area contributed by atoms with Crippen LogP contribution in [0.25, 0.3) is 22.2 Å². The summed E-state index contributed by atoms with van der Waals surface area (Å²) in [6.45, 7) is 1.56. The highest BCUT2D eigenvalue weighted by Gasteiger charge is 2.26. The first kappa shape index (κ1) is 13.5. The highest BCUT2D eigenvalue weighted by atomic mass is 16.3. The molecule has 0 aliphatic carbocycles. The molecule has 1 aliphatic heterocycles. The summed E-state index contributed by atoms with van der Waals surface area (Å²) in [6.07, 6.45) is 4.34. The van der Waals surface area contributed by atoms with E-state index < -0.39 is 0 Å². The maximum atomic E-state index is 10.3. The Balaban J connectivity index is 1.85. The van der Waals surface area contributed by atoms with Crippen molar-refractivity contribution in [3.63, 3.8) is 0 Å². The number of piperidine rings is 1. The van der Waals surface area contributed by atoms with Gasteiger partial charge in [-0.3, -0.25) is 0 Å². The smallest absolute Gasteiger partial charge is 0.140 e. The average molecular weight is 293 g/mol. The predicted octanol–water partition coefficient (Wildman–Crippen LogP) is 2.60. The first-order valence-corrected chi connectivity index (χ1v) is 7.74. The Morgan fingerprint density at radius 2 is 2.00 bits per heavy atom. The lowest BCUT2D eigenvalue weighted by molar-refractivity contribution is 0.0880. The van der Waals surface area contributed by atoms with Gasteiger partial charge in [0.15, 0.2) is 0 Å². The number of aliphatic hydroxyl groups is 1. The van der Waals surface area contributed by atoms with Gasteiger partial charge in [0.2, 0.25) is 0 Å². The molecule has 1 aromatic heterocycles. The van der Waals surface area contributed by atoms with Crippen LogP contribution in [0.1, 0.15) is 12.5 Å². The molecule has 4 nitrogen and oxygen atoms in total. The molecule has 4 rings (SSSR count). The zero-order valence-corrected chi connectivity index (χ0v) is 12.3. The normalized spacial score (nSPS) is 22.0. The second-order valence-electron chi connectivity index (χ2n) is 5.81. The quantitative estimate of drug-likeness (QED) is 0.763. The van der Waals surface area contributed by atoms with E-state index in [4.69, 9.17) is 0 Å². The number of imidazole rings is 1. The van der Waals surface area contributed by atoms with Crippen LogP contribution in [0.2, 0.25) is 0 Å². The fourth-order valence-corrected chi connectivity index (χ4v) is 3.36. The van der Waals surface area contributed by atoms with E-state index in [9.17, 15) is 5.11 Å². The number of benzene rings is 2. The monoisotopic (exact) mass is 293 g/mol. The Kier molecular flexibility index (Phi) is 3.41. The highest BCUT2D eigenvalue weighted by Crippen LogP contribution is 2.31. The molecule has 1 saturated heterocycles. The number of rotatable bonds is 2. The van der Waals surface area contributed by atoms with E-state index in [1.54, 1.807) is 0 Å². The molecule has 0 saturated carbocycles. The lowest BCUT2D eigenvalue weighted by Gasteiger charge is -2.30. The third kappa shape index (κ3) is 2.21. The van der Waals surface area contributed by atoms with Crippen molar-refractivity contribution in [2.24, 2.45) is 0 Å². The van der Waals surface area contributed by atoms with E-state index in [2.05, 4.69) is 57.3 Å². The van der Waals surface area contributed by atoms with E-state index >= 15 is 0 Å². The van der Waals surface area contributed by atoms with Gasteiger partial charge >= 0.3 is 0 Å². The minimum absolute atomic E-state index is 0.0812. The van der Waals surface area contributed by atoms with Crippen LogP contribution in [0.5, 0.6) is 0 Å². The van der Waals surface area contributed by atoms with Gasteiger partial charge in [0.05, 0.1) is 12.1 Å². The second-order valence-corrected chi connectivity index (χ2v) is 5.81. The summed E-state index contributed by atoms with van der Waals surface area (Å²) in [4.78, 5) is 4.58. The fraction of sp³-hybridized carbons (Fsp3) is 0.278. The fourth-order valence-electron chi connectivity index (χ4n) is 3.36. The molecule has 2 N–H and O–H groups in total. The molecule has 0 radical (unpaired) electrons. The maximum Gasteiger partial charge on any atom is 0.140 e. The summed E-state index contributed by atoms with van der Waals surface area (Å²) >= 11 is 0. The van der Waals surface area contributed by atoms with E-state index in [1.165, 1.54) is 10.8 Å². The van der Waals surface area contributed by atoms with Gasteiger partial charge in [-0.15, -0.1) is 0 Å². The Labute approximate surface area is 129 Å². The summed E-state index contributed by atoms with van der Waals surface area (Å²) in [5, 5.41) is 15.9. The number of β-amino-alcohol motifs (C(OH)–C–C–N with tert-alkyl or cyclic N) is 1. The SMILES string of the molecule is O[C@H]1CNCC[C@@H]1n1ccnc1-c1cccc2ccccc12. The molecule has 22 heavy (non-hydrogen) atoms. The molecule has 2 aromatic carbocycles. The summed E-state index contributed by atoms with van der Waals surface area (Å²) in [5.74, 6) is 0.933. The summed E-state index contributed by atoms with van der Waals surface area (Å²) in [6, 6.07) is 14.7. The van der Waals surface area contributed by atoms with E-state index in [0.717, 1.165) is 24.4 Å². The molecule has 1 fully saturated rings. The molecule has 3 aromatic rings. The zero-order chi connectivity index (χ0) is 14.9. The van der Waals surface area contributed by atoms with Gasteiger partial charge < -0.3 is 15.0 Å². The van der Waals surface area contributed by atoms with Crippen molar-refractivity contribution in [2.45, 2.75) is 18.6 Å². The minimum Gasteiger partial charge on any atom is -0.390 e. The zero-order valence-electron chi connectivity index (χ0n) is 12.3. The van der Waals surface area contributed by atoms with E-state index in [1.807, 2.05) is 12.4 Å². The highest BCUT2D eigenvalue weighted by molar-refractivity contribution is 5.95. The molecule has 0 unspecified atom stereocenters. The van der Waals surface area contributed by atoms with Crippen LogP contribution in [-0.4, -0.2) is 33.9 Å². The van der Waals surface area contributed by atoms with Gasteiger partial charge in [-0.05, 0) is 23.7 Å². The van der Waals surface area contributed by atoms with Crippen LogP contribution >= 0.6 is 0 Å². The van der Waals surface area contributed by atoms with Gasteiger partial charge in [-0.1, -0.05) is 42.5 Å². The Hall–Kier alpha value is -2.17. The molecule has 112 valence electrons. The summed E-state index contributed by atoms with van der Waals surface area (Å²) in [5.41, 5.74) is 1.12. The minimum atomic E-state index is -0.378. The molecule has 0 bridgehead atoms. The van der Waals surface area contributed by atoms with Gasteiger partial charge in [-0.25, -0.2) is 4.98 Å². The van der Waals surface area contributed by atoms with Crippen molar-refractivity contribution >= 4 is 10.8 Å². The average Bonchev–Trinajstić information content (AvgIpc) is 3.04. The molecular weight excluding hydrogens is 274 g/mol. The van der Waals surface area contributed by atoms with Crippen LogP contribution in [-0.2, 0) is 0 Å². The van der Waals surface area contributed by atoms with Crippen molar-refractivity contribution in [3.05, 3.63) is 54.9 Å². The van der Waals surface area contributed by atoms with Crippen molar-refractivity contribution < 1.29 is 5.11 Å². The molecule has 2 atom stereocenters. The second kappa shape index (κ2) is 5.55. The topological polar surface area (TPSA) is 50.1 Å². The lowest BCUT2D eigenvalue weighted by Crippen LogP contribution is -2.41. The number of fused-ring (bicyclic) bond motifs is 1. The van der Waals surface area contributed by atoms with Crippen molar-refractivity contribution in [2.75, 3.05) is 13.1 Å². The lowest BCUT2D eigenvalue weighted by atomic mass is 10.0. The number of nitrogens with zero attached hydrogens (tertiary/aromatic N) is 2. The number of aromatic nitrogens is 2.